The topological polar surface area (TPSA) is 86.1 Å². The molecule has 0 fully saturated rings. The number of nitrogens with one attached hydrogen (secondary N) is 1. The normalized spacial score (nSPS) is 11.7. The fourth-order valence-corrected chi connectivity index (χ4v) is 2.69. The molecule has 0 bridgehead atoms. The van der Waals surface area contributed by atoms with Gasteiger partial charge in [0.15, 0.2) is 6.10 Å². The number of benzene rings is 2. The predicted molar refractivity (Wildman–Crippen MR) is 104 cm³/mol. The summed E-state index contributed by atoms with van der Waals surface area (Å²) in [6.45, 7) is 3.58. The molecule has 29 heavy (non-hydrogen) atoms. The van der Waals surface area contributed by atoms with Crippen molar-refractivity contribution in [3.05, 3.63) is 77.6 Å². The molecule has 0 aliphatic carbocycles. The second kappa shape index (κ2) is 9.09. The van der Waals surface area contributed by atoms with E-state index in [1.807, 2.05) is 30.3 Å². The maximum Gasteiger partial charge on any atom is 0.379 e. The van der Waals surface area contributed by atoms with Crippen LogP contribution in [0.4, 0.5) is 4.39 Å². The second-order valence-corrected chi connectivity index (χ2v) is 6.45. The van der Waals surface area contributed by atoms with Gasteiger partial charge in [-0.15, -0.1) is 5.10 Å². The van der Waals surface area contributed by atoms with Crippen LogP contribution in [-0.2, 0) is 16.0 Å². The van der Waals surface area contributed by atoms with Crippen LogP contribution >= 0.6 is 0 Å². The highest BCUT2D eigenvalue weighted by Gasteiger charge is 2.22. The van der Waals surface area contributed by atoms with Crippen molar-refractivity contribution in [2.45, 2.75) is 26.4 Å². The molecule has 0 spiro atoms. The molecule has 1 amide bonds. The maximum atomic E-state index is 13.1. The molecule has 3 rings (SSSR count). The molecular formula is C21H21FN4O3. The van der Waals surface area contributed by atoms with Gasteiger partial charge in [0.2, 0.25) is 0 Å². The number of hydrogen-bond acceptors (Lipinski definition) is 5. The average Bonchev–Trinajstić information content (AvgIpc) is 3.11. The van der Waals surface area contributed by atoms with Gasteiger partial charge in [-0.05, 0) is 50.1 Å². The lowest BCUT2D eigenvalue weighted by atomic mass is 10.1. The van der Waals surface area contributed by atoms with Gasteiger partial charge in [-0.1, -0.05) is 30.3 Å². The zero-order chi connectivity index (χ0) is 20.8. The molecule has 1 unspecified atom stereocenters. The molecule has 0 aliphatic rings. The van der Waals surface area contributed by atoms with Crippen LogP contribution in [-0.4, -0.2) is 39.3 Å². The fourth-order valence-electron chi connectivity index (χ4n) is 2.69. The van der Waals surface area contributed by atoms with Crippen LogP contribution in [0.1, 0.15) is 28.9 Å². The van der Waals surface area contributed by atoms with Crippen molar-refractivity contribution in [3.63, 3.8) is 0 Å². The van der Waals surface area contributed by atoms with E-state index in [1.165, 1.54) is 35.9 Å². The van der Waals surface area contributed by atoms with Crippen LogP contribution in [0.25, 0.3) is 5.69 Å². The highest BCUT2D eigenvalue weighted by Crippen LogP contribution is 2.11. The highest BCUT2D eigenvalue weighted by molar-refractivity contribution is 5.89. The summed E-state index contributed by atoms with van der Waals surface area (Å²) < 4.78 is 19.7. The van der Waals surface area contributed by atoms with Crippen LogP contribution in [0, 0.1) is 12.7 Å². The van der Waals surface area contributed by atoms with Crippen molar-refractivity contribution in [1.29, 1.82) is 0 Å². The summed E-state index contributed by atoms with van der Waals surface area (Å²) in [5, 5.41) is 6.84. The maximum absolute atomic E-state index is 13.1. The first kappa shape index (κ1) is 20.2. The minimum absolute atomic E-state index is 0.171. The van der Waals surface area contributed by atoms with Crippen molar-refractivity contribution in [1.82, 2.24) is 20.1 Å². The van der Waals surface area contributed by atoms with E-state index in [0.717, 1.165) is 5.56 Å². The molecule has 1 atom stereocenters. The number of aromatic nitrogens is 3. The Morgan fingerprint density at radius 1 is 1.14 bits per heavy atom. The van der Waals surface area contributed by atoms with Crippen molar-refractivity contribution in [3.8, 4) is 5.69 Å². The Morgan fingerprint density at radius 3 is 2.52 bits per heavy atom. The van der Waals surface area contributed by atoms with Gasteiger partial charge >= 0.3 is 5.97 Å². The van der Waals surface area contributed by atoms with Gasteiger partial charge in [0.05, 0.1) is 5.69 Å². The molecule has 8 heteroatoms. The second-order valence-electron chi connectivity index (χ2n) is 6.45. The van der Waals surface area contributed by atoms with Crippen LogP contribution in [0.2, 0.25) is 0 Å². The van der Waals surface area contributed by atoms with E-state index in [9.17, 15) is 14.0 Å². The van der Waals surface area contributed by atoms with Crippen molar-refractivity contribution >= 4 is 11.9 Å². The van der Waals surface area contributed by atoms with E-state index in [4.69, 9.17) is 4.74 Å². The Morgan fingerprint density at radius 2 is 1.83 bits per heavy atom. The summed E-state index contributed by atoms with van der Waals surface area (Å²) >= 11 is 0. The van der Waals surface area contributed by atoms with Gasteiger partial charge in [-0.2, -0.15) is 0 Å². The summed E-state index contributed by atoms with van der Waals surface area (Å²) in [6.07, 6.45) is -0.313. The summed E-state index contributed by atoms with van der Waals surface area (Å²) in [4.78, 5) is 28.5. The van der Waals surface area contributed by atoms with Crippen LogP contribution < -0.4 is 5.32 Å². The van der Waals surface area contributed by atoms with Gasteiger partial charge < -0.3 is 10.1 Å². The van der Waals surface area contributed by atoms with Crippen molar-refractivity contribution in [2.24, 2.45) is 0 Å². The lowest BCUT2D eigenvalue weighted by Gasteiger charge is -2.12. The molecule has 3 aromatic rings. The average molecular weight is 396 g/mol. The summed E-state index contributed by atoms with van der Waals surface area (Å²) in [5.74, 6) is -1.32. The molecule has 7 nitrogen and oxygen atoms in total. The molecule has 2 aromatic carbocycles. The first-order chi connectivity index (χ1) is 13.9. The third-order valence-electron chi connectivity index (χ3n) is 4.23. The standard InChI is InChI=1S/C21H21FN4O3/c1-14(20(27)23-13-12-16-6-4-3-5-7-16)29-21(28)19-24-15(2)26(25-19)18-10-8-17(22)9-11-18/h3-11,14H,12-13H2,1-2H3,(H,23,27). The minimum atomic E-state index is -0.989. The van der Waals surface area contributed by atoms with Crippen LogP contribution in [0.5, 0.6) is 0 Å². The van der Waals surface area contributed by atoms with Crippen LogP contribution in [0.15, 0.2) is 54.6 Å². The summed E-state index contributed by atoms with van der Waals surface area (Å²) in [6, 6.07) is 15.4. The van der Waals surface area contributed by atoms with Gasteiger partial charge in [0, 0.05) is 6.54 Å². The number of ether oxygens (including phenoxy) is 1. The predicted octanol–water partition coefficient (Wildman–Crippen LogP) is 2.62. The van der Waals surface area contributed by atoms with E-state index < -0.39 is 18.0 Å². The summed E-state index contributed by atoms with van der Waals surface area (Å²) in [5.41, 5.74) is 1.66. The smallest absolute Gasteiger partial charge is 0.379 e. The van der Waals surface area contributed by atoms with E-state index in [-0.39, 0.29) is 11.6 Å². The number of nitrogens with zero attached hydrogens (tertiary/aromatic N) is 3. The first-order valence-electron chi connectivity index (χ1n) is 9.16. The van der Waals surface area contributed by atoms with Crippen molar-refractivity contribution < 1.29 is 18.7 Å². The molecule has 0 aliphatic heterocycles. The summed E-state index contributed by atoms with van der Waals surface area (Å²) in [7, 11) is 0. The Bertz CT molecular complexity index is 987. The van der Waals surface area contributed by atoms with E-state index in [0.29, 0.717) is 24.5 Å². The molecule has 150 valence electrons. The molecular weight excluding hydrogens is 375 g/mol. The third-order valence-corrected chi connectivity index (χ3v) is 4.23. The molecule has 1 N–H and O–H groups in total. The fraction of sp³-hybridized carbons (Fsp3) is 0.238. The zero-order valence-electron chi connectivity index (χ0n) is 16.1. The number of carbonyl (C=O) groups excluding carboxylic acids is 2. The SMILES string of the molecule is Cc1nc(C(=O)OC(C)C(=O)NCCc2ccccc2)nn1-c1ccc(F)cc1. The number of rotatable bonds is 7. The Hall–Kier alpha value is -3.55. The number of hydrogen-bond donors (Lipinski definition) is 1. The minimum Gasteiger partial charge on any atom is -0.447 e. The quantitative estimate of drug-likeness (QED) is 0.621. The number of halogens is 1. The number of carbonyl (C=O) groups is 2. The van der Waals surface area contributed by atoms with E-state index >= 15 is 0 Å². The largest absolute Gasteiger partial charge is 0.447 e. The van der Waals surface area contributed by atoms with Crippen LogP contribution in [0.3, 0.4) is 0 Å². The Kier molecular flexibility index (Phi) is 6.33. The Balaban J connectivity index is 1.56. The number of aryl methyl sites for hydroxylation is 1. The monoisotopic (exact) mass is 396 g/mol. The van der Waals surface area contributed by atoms with Gasteiger partial charge in [-0.25, -0.2) is 18.9 Å². The van der Waals surface area contributed by atoms with Gasteiger partial charge in [-0.3, -0.25) is 4.79 Å². The Labute approximate surface area is 167 Å². The first-order valence-corrected chi connectivity index (χ1v) is 9.16. The molecule has 1 heterocycles. The van der Waals surface area contributed by atoms with Crippen molar-refractivity contribution in [2.75, 3.05) is 6.54 Å². The van der Waals surface area contributed by atoms with Gasteiger partial charge in [0.1, 0.15) is 11.6 Å². The lowest BCUT2D eigenvalue weighted by Crippen LogP contribution is -2.37. The molecule has 0 saturated carbocycles. The van der Waals surface area contributed by atoms with E-state index in [2.05, 4.69) is 15.4 Å². The lowest BCUT2D eigenvalue weighted by molar-refractivity contribution is -0.129. The molecule has 0 radical (unpaired) electrons. The molecule has 0 saturated heterocycles. The highest BCUT2D eigenvalue weighted by atomic mass is 19.1. The molecule has 1 aromatic heterocycles. The third kappa shape index (κ3) is 5.25. The zero-order valence-corrected chi connectivity index (χ0v) is 16.1. The van der Waals surface area contributed by atoms with E-state index in [1.54, 1.807) is 6.92 Å². The van der Waals surface area contributed by atoms with Gasteiger partial charge in [0.25, 0.3) is 11.7 Å². The number of esters is 1. The number of amides is 1.